The van der Waals surface area contributed by atoms with Gasteiger partial charge in [-0.1, -0.05) is 32.0 Å². The second-order valence-corrected chi connectivity index (χ2v) is 7.39. The summed E-state index contributed by atoms with van der Waals surface area (Å²) in [6.45, 7) is 4.13. The Morgan fingerprint density at radius 1 is 1.21 bits per heavy atom. The van der Waals surface area contributed by atoms with Gasteiger partial charge in [0.2, 0.25) is 0 Å². The number of cyclic esters (lactones) is 1. The average molecular weight is 400 g/mol. The topological polar surface area (TPSA) is 81.4 Å². The maximum atomic E-state index is 13.2. The van der Waals surface area contributed by atoms with Crippen LogP contribution in [0, 0.1) is 0 Å². The zero-order valence-electron chi connectivity index (χ0n) is 15.8. The van der Waals surface area contributed by atoms with Gasteiger partial charge in [0, 0.05) is 16.5 Å². The van der Waals surface area contributed by atoms with E-state index in [1.165, 1.54) is 5.56 Å². The molecule has 1 atom stereocenters. The molecule has 0 aliphatic carbocycles. The molecular formula is C22H21N2NaO4. The van der Waals surface area contributed by atoms with Crippen molar-refractivity contribution in [3.63, 3.8) is 0 Å². The van der Waals surface area contributed by atoms with Crippen LogP contribution in [0.25, 0.3) is 22.3 Å². The van der Waals surface area contributed by atoms with E-state index in [9.17, 15) is 14.7 Å². The van der Waals surface area contributed by atoms with Crippen molar-refractivity contribution in [2.75, 3.05) is 0 Å². The van der Waals surface area contributed by atoms with Crippen LogP contribution in [0.15, 0.2) is 35.1 Å². The van der Waals surface area contributed by atoms with Gasteiger partial charge in [-0.3, -0.25) is 4.79 Å². The van der Waals surface area contributed by atoms with Crippen LogP contribution >= 0.6 is 0 Å². The molecule has 5 rings (SSSR count). The van der Waals surface area contributed by atoms with Crippen molar-refractivity contribution >= 4 is 46.4 Å². The zero-order valence-corrected chi connectivity index (χ0v) is 15.8. The molecule has 3 aromatic rings. The summed E-state index contributed by atoms with van der Waals surface area (Å²) in [6.07, 6.45) is 0.967. The van der Waals surface area contributed by atoms with Crippen molar-refractivity contribution in [2.45, 2.75) is 45.4 Å². The van der Waals surface area contributed by atoms with Crippen molar-refractivity contribution in [2.24, 2.45) is 0 Å². The number of ether oxygens (including phenoxy) is 1. The molecule has 1 N–H and O–H groups in total. The SMILES string of the molecule is CCc1c2c(nc3ccccc13)-c1cc3c(c(=O)n1C2)COC(=O)C3(O)CC.[NaH]. The number of para-hydroxylation sites is 1. The molecule has 1 unspecified atom stereocenters. The van der Waals surface area contributed by atoms with E-state index in [-0.39, 0.29) is 48.1 Å². The van der Waals surface area contributed by atoms with Crippen LogP contribution < -0.4 is 5.56 Å². The second-order valence-electron chi connectivity index (χ2n) is 7.39. The second kappa shape index (κ2) is 7.06. The number of carbonyl (C=O) groups excluding carboxylic acids is 1. The van der Waals surface area contributed by atoms with Crippen LogP contribution in [-0.2, 0) is 34.7 Å². The molecule has 4 heterocycles. The number of hydrogen-bond acceptors (Lipinski definition) is 5. The van der Waals surface area contributed by atoms with Crippen LogP contribution in [0.4, 0.5) is 0 Å². The predicted molar refractivity (Wildman–Crippen MR) is 111 cm³/mol. The Balaban J connectivity index is 0.00000205. The number of fused-ring (bicyclic) bond motifs is 5. The first-order chi connectivity index (χ1) is 13.5. The van der Waals surface area contributed by atoms with E-state index >= 15 is 0 Å². The Bertz CT molecular complexity index is 1230. The van der Waals surface area contributed by atoms with E-state index in [1.54, 1.807) is 17.6 Å². The number of aromatic nitrogens is 2. The Morgan fingerprint density at radius 2 is 1.97 bits per heavy atom. The zero-order chi connectivity index (χ0) is 19.6. The van der Waals surface area contributed by atoms with Gasteiger partial charge in [-0.15, -0.1) is 0 Å². The predicted octanol–water partition coefficient (Wildman–Crippen LogP) is 1.99. The number of hydrogen-bond donors (Lipinski definition) is 1. The number of esters is 1. The molecule has 2 aromatic heterocycles. The molecule has 7 heteroatoms. The average Bonchev–Trinajstić information content (AvgIpc) is 3.08. The minimum atomic E-state index is -1.80. The van der Waals surface area contributed by atoms with Gasteiger partial charge in [-0.05, 0) is 30.5 Å². The molecule has 29 heavy (non-hydrogen) atoms. The third-order valence-electron chi connectivity index (χ3n) is 6.07. The quantitative estimate of drug-likeness (QED) is 0.411. The van der Waals surface area contributed by atoms with E-state index in [2.05, 4.69) is 13.0 Å². The van der Waals surface area contributed by atoms with E-state index in [0.29, 0.717) is 23.4 Å². The molecule has 0 saturated heterocycles. The van der Waals surface area contributed by atoms with Crippen molar-refractivity contribution < 1.29 is 14.6 Å². The number of nitrogens with zero attached hydrogens (tertiary/aromatic N) is 2. The Hall–Kier alpha value is -1.99. The summed E-state index contributed by atoms with van der Waals surface area (Å²) in [5.74, 6) is -0.703. The van der Waals surface area contributed by atoms with E-state index < -0.39 is 11.6 Å². The molecule has 2 aliphatic heterocycles. The van der Waals surface area contributed by atoms with Crippen LogP contribution in [0.5, 0.6) is 0 Å². The normalized spacial score (nSPS) is 19.2. The minimum absolute atomic E-state index is 0. The number of aliphatic hydroxyl groups is 1. The Kier molecular flexibility index (Phi) is 4.94. The Labute approximate surface area is 189 Å². The monoisotopic (exact) mass is 400 g/mol. The number of rotatable bonds is 2. The fourth-order valence-electron chi connectivity index (χ4n) is 4.52. The molecule has 0 bridgehead atoms. The Morgan fingerprint density at radius 3 is 2.69 bits per heavy atom. The fraction of sp³-hybridized carbons (Fsp3) is 0.318. The van der Waals surface area contributed by atoms with E-state index in [1.807, 2.05) is 18.2 Å². The van der Waals surface area contributed by atoms with Crippen molar-refractivity contribution in [1.29, 1.82) is 0 Å². The van der Waals surface area contributed by atoms with Gasteiger partial charge in [0.25, 0.3) is 5.56 Å². The van der Waals surface area contributed by atoms with Gasteiger partial charge in [-0.25, -0.2) is 9.78 Å². The molecule has 0 spiro atoms. The first-order valence-corrected chi connectivity index (χ1v) is 9.57. The van der Waals surface area contributed by atoms with E-state index in [4.69, 9.17) is 9.72 Å². The summed E-state index contributed by atoms with van der Waals surface area (Å²) in [5.41, 5.74) is 3.18. The summed E-state index contributed by atoms with van der Waals surface area (Å²) >= 11 is 0. The molecule has 1 aromatic carbocycles. The molecule has 6 nitrogen and oxygen atoms in total. The molecule has 144 valence electrons. The van der Waals surface area contributed by atoms with Gasteiger partial charge in [0.15, 0.2) is 5.60 Å². The van der Waals surface area contributed by atoms with Gasteiger partial charge in [0.1, 0.15) is 6.61 Å². The van der Waals surface area contributed by atoms with Gasteiger partial charge < -0.3 is 14.4 Å². The number of benzene rings is 1. The first-order valence-electron chi connectivity index (χ1n) is 9.57. The van der Waals surface area contributed by atoms with E-state index in [0.717, 1.165) is 28.6 Å². The molecule has 0 amide bonds. The van der Waals surface area contributed by atoms with Crippen molar-refractivity contribution in [3.8, 4) is 11.4 Å². The summed E-state index contributed by atoms with van der Waals surface area (Å²) < 4.78 is 6.80. The third kappa shape index (κ3) is 2.66. The first kappa shape index (κ1) is 20.3. The van der Waals surface area contributed by atoms with Gasteiger partial charge in [0.05, 0.1) is 29.0 Å². The molecule has 2 aliphatic rings. The molecular weight excluding hydrogens is 379 g/mol. The maximum absolute atomic E-state index is 13.2. The van der Waals surface area contributed by atoms with Crippen LogP contribution in [0.1, 0.15) is 42.5 Å². The number of pyridine rings is 2. The molecule has 0 saturated carbocycles. The van der Waals surface area contributed by atoms with Crippen LogP contribution in [0.2, 0.25) is 0 Å². The van der Waals surface area contributed by atoms with Gasteiger partial charge >= 0.3 is 35.5 Å². The summed E-state index contributed by atoms with van der Waals surface area (Å²) in [7, 11) is 0. The molecule has 0 radical (unpaired) electrons. The standard InChI is InChI=1S/C22H20N2O4.Na.H/c1-3-12-13-7-5-6-8-17(13)23-19-14(12)10-24-18(19)9-16-15(20(24)25)11-28-21(26)22(16,27)4-2;;/h5-9,27H,3-4,10-11H2,1-2H3;;. The van der Waals surface area contributed by atoms with Crippen molar-refractivity contribution in [1.82, 2.24) is 9.55 Å². The van der Waals surface area contributed by atoms with Crippen LogP contribution in [0.3, 0.4) is 0 Å². The van der Waals surface area contributed by atoms with Crippen molar-refractivity contribution in [3.05, 3.63) is 62.9 Å². The summed E-state index contributed by atoms with van der Waals surface area (Å²) in [6, 6.07) is 9.72. The summed E-state index contributed by atoms with van der Waals surface area (Å²) in [4.78, 5) is 30.3. The molecule has 0 fully saturated rings. The summed E-state index contributed by atoms with van der Waals surface area (Å²) in [5, 5.41) is 12.0. The van der Waals surface area contributed by atoms with Gasteiger partial charge in [-0.2, -0.15) is 0 Å². The number of carbonyl (C=O) groups is 1. The third-order valence-corrected chi connectivity index (χ3v) is 6.07. The fourth-order valence-corrected chi connectivity index (χ4v) is 4.52. The number of aryl methyl sites for hydroxylation is 1. The van der Waals surface area contributed by atoms with Crippen LogP contribution in [-0.4, -0.2) is 50.2 Å².